The van der Waals surface area contributed by atoms with E-state index in [0.29, 0.717) is 0 Å². The molecule has 22 heavy (non-hydrogen) atoms. The molecule has 0 amide bonds. The summed E-state index contributed by atoms with van der Waals surface area (Å²) in [5.41, 5.74) is 0. The number of rotatable bonds is 3. The Morgan fingerprint density at radius 2 is 1.23 bits per heavy atom. The van der Waals surface area contributed by atoms with Gasteiger partial charge in [-0.25, -0.2) is 4.58 Å². The summed E-state index contributed by atoms with van der Waals surface area (Å²) in [6.07, 6.45) is 16.3. The Labute approximate surface area is 126 Å². The second-order valence-corrected chi connectivity index (χ2v) is 7.24. The molecule has 9 heteroatoms. The molecule has 2 saturated heterocycles. The van der Waals surface area contributed by atoms with Crippen LogP contribution in [0.5, 0.6) is 0 Å². The maximum absolute atomic E-state index is 10.7. The molecule has 2 aliphatic rings. The summed E-state index contributed by atoms with van der Waals surface area (Å²) in [4.78, 5) is 2.39. The summed E-state index contributed by atoms with van der Waals surface area (Å²) in [7, 11) is -10.7. The summed E-state index contributed by atoms with van der Waals surface area (Å²) in [6, 6.07) is 0. The van der Waals surface area contributed by atoms with Gasteiger partial charge in [0, 0.05) is 32.0 Å². The number of hydrogen-bond acceptors (Lipinski definition) is 1. The molecule has 0 N–H and O–H groups in total. The first-order chi connectivity index (χ1) is 9.90. The van der Waals surface area contributed by atoms with Gasteiger partial charge in [0.25, 0.3) is 0 Å². The molecule has 2 rings (SSSR count). The fourth-order valence-electron chi connectivity index (χ4n) is 2.19. The number of likely N-dealkylation sites (tertiary alicyclic amines) is 1. The van der Waals surface area contributed by atoms with Crippen molar-refractivity contribution in [3.8, 4) is 0 Å². The van der Waals surface area contributed by atoms with Crippen molar-refractivity contribution in [1.29, 1.82) is 0 Å². The van der Waals surface area contributed by atoms with Gasteiger partial charge in [0.2, 0.25) is 0 Å². The van der Waals surface area contributed by atoms with E-state index in [0.717, 1.165) is 0 Å². The topological polar surface area (TPSA) is 6.25 Å². The summed E-state index contributed by atoms with van der Waals surface area (Å²) in [5.74, 6) is 0. The van der Waals surface area contributed by atoms with E-state index in [4.69, 9.17) is 0 Å². The average molecular weight is 350 g/mol. The van der Waals surface area contributed by atoms with Crippen molar-refractivity contribution in [3.63, 3.8) is 0 Å². The Bertz CT molecular complexity index is 426. The van der Waals surface area contributed by atoms with Crippen LogP contribution in [0.2, 0.25) is 0 Å². The van der Waals surface area contributed by atoms with Crippen LogP contribution < -0.4 is 0 Å². The minimum atomic E-state index is -10.7. The predicted molar refractivity (Wildman–Crippen MR) is 77.9 cm³/mol. The van der Waals surface area contributed by atoms with Gasteiger partial charge in [-0.1, -0.05) is 6.08 Å². The summed E-state index contributed by atoms with van der Waals surface area (Å²) >= 11 is 0. The van der Waals surface area contributed by atoms with Gasteiger partial charge in [-0.3, -0.25) is 0 Å². The molecule has 2 nitrogen and oxygen atoms in total. The molecule has 0 radical (unpaired) electrons. The molecule has 0 aromatic carbocycles. The molecule has 0 spiro atoms. The standard InChI is InChI=1S/C13H21N2.F6P/c1(2-8-14-10-4-5-11-14)3-9-15-12-6-7-13-15;1-7(2,3,4,5)6/h1-3,8-9H,4-7,10-13H2;/q+1;-1. The molecule has 2 aliphatic heterocycles. The summed E-state index contributed by atoms with van der Waals surface area (Å²) in [6.45, 7) is 4.95. The maximum atomic E-state index is 9.87. The van der Waals surface area contributed by atoms with E-state index in [1.807, 2.05) is 0 Å². The average Bonchev–Trinajstić information content (AvgIpc) is 2.95. The Morgan fingerprint density at radius 1 is 0.727 bits per heavy atom. The molecular weight excluding hydrogens is 329 g/mol. The third-order valence-electron chi connectivity index (χ3n) is 3.10. The number of nitrogens with zero attached hydrogens (tertiary/aromatic N) is 2. The van der Waals surface area contributed by atoms with E-state index < -0.39 is 7.81 Å². The predicted octanol–water partition coefficient (Wildman–Crippen LogP) is 5.41. The van der Waals surface area contributed by atoms with E-state index in [-0.39, 0.29) is 0 Å². The third kappa shape index (κ3) is 13.9. The van der Waals surface area contributed by atoms with Crippen molar-refractivity contribution in [3.05, 3.63) is 24.4 Å². The zero-order valence-electron chi connectivity index (χ0n) is 12.2. The van der Waals surface area contributed by atoms with Crippen molar-refractivity contribution < 1.29 is 29.8 Å². The SMILES string of the molecule is C(/C=C/C=C/N1CCCC1)=[N+]1CCCC1.F[P-](F)(F)(F)(F)F. The van der Waals surface area contributed by atoms with E-state index in [9.17, 15) is 25.2 Å². The minimum absolute atomic E-state index is 1.24. The van der Waals surface area contributed by atoms with Crippen LogP contribution in [-0.4, -0.2) is 41.9 Å². The van der Waals surface area contributed by atoms with Crippen LogP contribution in [0.1, 0.15) is 25.7 Å². The van der Waals surface area contributed by atoms with Crippen LogP contribution in [0, 0.1) is 0 Å². The Hall–Kier alpha value is -1.04. The normalized spacial score (nSPS) is 22.6. The molecule has 0 aromatic heterocycles. The Morgan fingerprint density at radius 3 is 1.73 bits per heavy atom. The van der Waals surface area contributed by atoms with Gasteiger partial charge in [0.15, 0.2) is 6.21 Å². The molecule has 2 heterocycles. The monoisotopic (exact) mass is 350 g/mol. The molecule has 0 aromatic rings. The van der Waals surface area contributed by atoms with Crippen LogP contribution in [-0.2, 0) is 0 Å². The van der Waals surface area contributed by atoms with Crippen molar-refractivity contribution >= 4 is 14.0 Å². The van der Waals surface area contributed by atoms with Gasteiger partial charge in [-0.15, -0.1) is 0 Å². The van der Waals surface area contributed by atoms with E-state index in [1.165, 1.54) is 51.9 Å². The van der Waals surface area contributed by atoms with Gasteiger partial charge in [0.1, 0.15) is 13.1 Å². The molecule has 2 fully saturated rings. The van der Waals surface area contributed by atoms with E-state index >= 15 is 0 Å². The summed E-state index contributed by atoms with van der Waals surface area (Å²) < 4.78 is 61.6. The van der Waals surface area contributed by atoms with Crippen molar-refractivity contribution in [1.82, 2.24) is 4.90 Å². The zero-order valence-corrected chi connectivity index (χ0v) is 13.0. The molecule has 0 aliphatic carbocycles. The molecule has 0 atom stereocenters. The summed E-state index contributed by atoms with van der Waals surface area (Å²) in [5, 5.41) is 0. The first-order valence-electron chi connectivity index (χ1n) is 7.13. The van der Waals surface area contributed by atoms with E-state index in [2.05, 4.69) is 40.1 Å². The van der Waals surface area contributed by atoms with Crippen LogP contribution >= 0.6 is 7.81 Å². The van der Waals surface area contributed by atoms with Crippen LogP contribution in [0.25, 0.3) is 0 Å². The fraction of sp³-hybridized carbons (Fsp3) is 0.615. The van der Waals surface area contributed by atoms with Crippen LogP contribution in [0.15, 0.2) is 24.4 Å². The number of hydrogen-bond donors (Lipinski definition) is 0. The first-order valence-corrected chi connectivity index (χ1v) is 9.16. The van der Waals surface area contributed by atoms with Crippen LogP contribution in [0.3, 0.4) is 0 Å². The van der Waals surface area contributed by atoms with Gasteiger partial charge in [-0.2, -0.15) is 0 Å². The molecular formula is C13H21F6N2P. The fourth-order valence-corrected chi connectivity index (χ4v) is 2.19. The second-order valence-electron chi connectivity index (χ2n) is 5.32. The second kappa shape index (κ2) is 6.60. The zero-order chi connectivity index (χ0) is 16.8. The van der Waals surface area contributed by atoms with Crippen molar-refractivity contribution in [2.75, 3.05) is 26.2 Å². The third-order valence-corrected chi connectivity index (χ3v) is 3.10. The number of allylic oxidation sites excluding steroid dienone is 3. The van der Waals surface area contributed by atoms with Crippen LogP contribution in [0.4, 0.5) is 25.2 Å². The first kappa shape index (κ1) is 19.0. The molecule has 130 valence electrons. The Balaban J connectivity index is 0.000000295. The quantitative estimate of drug-likeness (QED) is 0.285. The van der Waals surface area contributed by atoms with Crippen molar-refractivity contribution in [2.45, 2.75) is 25.7 Å². The molecule has 0 bridgehead atoms. The van der Waals surface area contributed by atoms with Gasteiger partial charge in [0.05, 0.1) is 0 Å². The van der Waals surface area contributed by atoms with Crippen molar-refractivity contribution in [2.24, 2.45) is 0 Å². The van der Waals surface area contributed by atoms with E-state index in [1.54, 1.807) is 0 Å². The molecule has 0 saturated carbocycles. The number of halogens is 6. The van der Waals surface area contributed by atoms with Gasteiger partial charge in [-0.05, 0) is 25.1 Å². The molecule has 0 unspecified atom stereocenters. The Kier molecular flexibility index (Phi) is 5.71. The van der Waals surface area contributed by atoms with Gasteiger partial charge >= 0.3 is 33.0 Å². The van der Waals surface area contributed by atoms with Gasteiger partial charge < -0.3 is 4.90 Å².